The summed E-state index contributed by atoms with van der Waals surface area (Å²) in [5.41, 5.74) is 0.827. The number of hydrogen-bond acceptors (Lipinski definition) is 2. The van der Waals surface area contributed by atoms with E-state index in [1.807, 2.05) is 6.07 Å². The third kappa shape index (κ3) is 5.15. The van der Waals surface area contributed by atoms with Gasteiger partial charge in [0.1, 0.15) is 0 Å². The Labute approximate surface area is 120 Å². The van der Waals surface area contributed by atoms with E-state index < -0.39 is 6.10 Å². The minimum Gasteiger partial charge on any atom is -0.388 e. The molecular weight excluding hydrogens is 269 g/mol. The third-order valence-electron chi connectivity index (χ3n) is 3.01. The predicted molar refractivity (Wildman–Crippen MR) is 78.4 cm³/mol. The molecule has 2 nitrogen and oxygen atoms in total. The molecule has 1 unspecified atom stereocenters. The summed E-state index contributed by atoms with van der Waals surface area (Å²) in [4.78, 5) is 2.24. The van der Waals surface area contributed by atoms with Crippen LogP contribution in [0.2, 0.25) is 10.0 Å². The van der Waals surface area contributed by atoms with Gasteiger partial charge >= 0.3 is 0 Å². The lowest BCUT2D eigenvalue weighted by Gasteiger charge is -2.19. The number of aliphatic hydroxyl groups is 1. The Balaban J connectivity index is 2.44. The van der Waals surface area contributed by atoms with Gasteiger partial charge in [-0.15, -0.1) is 0 Å². The van der Waals surface area contributed by atoms with E-state index in [1.165, 1.54) is 12.8 Å². The van der Waals surface area contributed by atoms with Gasteiger partial charge in [-0.2, -0.15) is 0 Å². The number of unbranched alkanes of at least 4 members (excludes halogenated alkanes) is 1. The first kappa shape index (κ1) is 15.8. The van der Waals surface area contributed by atoms with Crippen molar-refractivity contribution in [2.75, 3.05) is 20.1 Å². The fraction of sp³-hybridized carbons (Fsp3) is 0.571. The number of halogens is 2. The van der Waals surface area contributed by atoms with Crippen LogP contribution in [0.15, 0.2) is 18.2 Å². The predicted octanol–water partition coefficient (Wildman–Crippen LogP) is 4.15. The zero-order chi connectivity index (χ0) is 13.5. The maximum Gasteiger partial charge on any atom is 0.0802 e. The highest BCUT2D eigenvalue weighted by atomic mass is 35.5. The van der Waals surface area contributed by atoms with Gasteiger partial charge < -0.3 is 10.0 Å². The van der Waals surface area contributed by atoms with E-state index in [1.54, 1.807) is 12.1 Å². The molecule has 1 atom stereocenters. The van der Waals surface area contributed by atoms with Gasteiger partial charge in [-0.25, -0.2) is 0 Å². The van der Waals surface area contributed by atoms with E-state index in [0.717, 1.165) is 18.7 Å². The zero-order valence-electron chi connectivity index (χ0n) is 11.0. The fourth-order valence-corrected chi connectivity index (χ4v) is 2.08. The summed E-state index contributed by atoms with van der Waals surface area (Å²) < 4.78 is 0. The number of rotatable bonds is 7. The van der Waals surface area contributed by atoms with Crippen LogP contribution in [0.25, 0.3) is 0 Å². The van der Waals surface area contributed by atoms with E-state index in [-0.39, 0.29) is 0 Å². The molecule has 0 bridgehead atoms. The standard InChI is InChI=1S/C14H21Cl2NO/c1-3-4-8-17(2)9-7-14(18)11-5-6-12(15)13(16)10-11/h5-6,10,14,18H,3-4,7-9H2,1-2H3. The molecule has 4 heteroatoms. The molecule has 0 fully saturated rings. The quantitative estimate of drug-likeness (QED) is 0.815. The number of nitrogens with zero attached hydrogens (tertiary/aromatic N) is 1. The Morgan fingerprint density at radius 1 is 1.22 bits per heavy atom. The highest BCUT2D eigenvalue weighted by Gasteiger charge is 2.10. The van der Waals surface area contributed by atoms with Crippen molar-refractivity contribution < 1.29 is 5.11 Å². The number of hydrogen-bond donors (Lipinski definition) is 1. The topological polar surface area (TPSA) is 23.5 Å². The molecule has 18 heavy (non-hydrogen) atoms. The van der Waals surface area contributed by atoms with Crippen molar-refractivity contribution in [1.82, 2.24) is 4.90 Å². The van der Waals surface area contributed by atoms with Crippen LogP contribution < -0.4 is 0 Å². The second-order valence-electron chi connectivity index (χ2n) is 4.63. The average molecular weight is 290 g/mol. The van der Waals surface area contributed by atoms with Crippen molar-refractivity contribution in [2.24, 2.45) is 0 Å². The van der Waals surface area contributed by atoms with Crippen molar-refractivity contribution in [2.45, 2.75) is 32.3 Å². The van der Waals surface area contributed by atoms with Crippen molar-refractivity contribution in [3.8, 4) is 0 Å². The van der Waals surface area contributed by atoms with Gasteiger partial charge in [-0.3, -0.25) is 0 Å². The molecule has 0 saturated carbocycles. The van der Waals surface area contributed by atoms with Crippen LogP contribution in [0.5, 0.6) is 0 Å². The normalized spacial score (nSPS) is 13.0. The van der Waals surface area contributed by atoms with Gasteiger partial charge in [0.25, 0.3) is 0 Å². The Morgan fingerprint density at radius 3 is 2.56 bits per heavy atom. The Bertz CT molecular complexity index is 371. The molecule has 0 aliphatic carbocycles. The summed E-state index contributed by atoms with van der Waals surface area (Å²) in [6.07, 6.45) is 2.61. The zero-order valence-corrected chi connectivity index (χ0v) is 12.5. The summed E-state index contributed by atoms with van der Waals surface area (Å²) in [7, 11) is 2.08. The lowest BCUT2D eigenvalue weighted by Crippen LogP contribution is -2.22. The van der Waals surface area contributed by atoms with Crippen LogP contribution in [0.3, 0.4) is 0 Å². The van der Waals surface area contributed by atoms with Crippen molar-refractivity contribution in [3.05, 3.63) is 33.8 Å². The monoisotopic (exact) mass is 289 g/mol. The smallest absolute Gasteiger partial charge is 0.0802 e. The molecule has 0 aromatic heterocycles. The molecule has 0 radical (unpaired) electrons. The van der Waals surface area contributed by atoms with Gasteiger partial charge in [0, 0.05) is 6.54 Å². The molecule has 1 aromatic carbocycles. The largest absolute Gasteiger partial charge is 0.388 e. The van der Waals surface area contributed by atoms with Crippen LogP contribution in [-0.4, -0.2) is 30.1 Å². The highest BCUT2D eigenvalue weighted by molar-refractivity contribution is 6.42. The summed E-state index contributed by atoms with van der Waals surface area (Å²) in [6.45, 7) is 4.13. The summed E-state index contributed by atoms with van der Waals surface area (Å²) in [6, 6.07) is 5.29. The average Bonchev–Trinajstić information content (AvgIpc) is 2.36. The molecule has 0 aliphatic rings. The van der Waals surface area contributed by atoms with Gasteiger partial charge in [-0.05, 0) is 44.1 Å². The van der Waals surface area contributed by atoms with Gasteiger partial charge in [0.15, 0.2) is 0 Å². The van der Waals surface area contributed by atoms with E-state index in [2.05, 4.69) is 18.9 Å². The first-order valence-electron chi connectivity index (χ1n) is 6.36. The molecule has 0 heterocycles. The van der Waals surface area contributed by atoms with Crippen LogP contribution in [0.4, 0.5) is 0 Å². The first-order chi connectivity index (χ1) is 8.54. The molecule has 1 N–H and O–H groups in total. The molecular formula is C14H21Cl2NO. The minimum atomic E-state index is -0.483. The van der Waals surface area contributed by atoms with Crippen LogP contribution in [0.1, 0.15) is 37.9 Å². The molecule has 102 valence electrons. The first-order valence-corrected chi connectivity index (χ1v) is 7.11. The van der Waals surface area contributed by atoms with Crippen LogP contribution in [-0.2, 0) is 0 Å². The molecule has 0 saturated heterocycles. The van der Waals surface area contributed by atoms with Crippen molar-refractivity contribution >= 4 is 23.2 Å². The SMILES string of the molecule is CCCCN(C)CCC(O)c1ccc(Cl)c(Cl)c1. The molecule has 1 aromatic rings. The van der Waals surface area contributed by atoms with Gasteiger partial charge in [0.2, 0.25) is 0 Å². The van der Waals surface area contributed by atoms with Crippen molar-refractivity contribution in [1.29, 1.82) is 0 Å². The molecule has 0 spiro atoms. The van der Waals surface area contributed by atoms with E-state index >= 15 is 0 Å². The van der Waals surface area contributed by atoms with Crippen molar-refractivity contribution in [3.63, 3.8) is 0 Å². The Morgan fingerprint density at radius 2 is 1.94 bits per heavy atom. The minimum absolute atomic E-state index is 0.483. The molecule has 0 aliphatic heterocycles. The lowest BCUT2D eigenvalue weighted by atomic mass is 10.1. The second kappa shape index (κ2) is 8.00. The van der Waals surface area contributed by atoms with Gasteiger partial charge in [-0.1, -0.05) is 42.6 Å². The van der Waals surface area contributed by atoms with E-state index in [9.17, 15) is 5.11 Å². The lowest BCUT2D eigenvalue weighted by molar-refractivity contribution is 0.149. The Kier molecular flexibility index (Phi) is 7.02. The van der Waals surface area contributed by atoms with Crippen LogP contribution >= 0.6 is 23.2 Å². The van der Waals surface area contributed by atoms with Gasteiger partial charge in [0.05, 0.1) is 16.1 Å². The van der Waals surface area contributed by atoms with E-state index in [4.69, 9.17) is 23.2 Å². The fourth-order valence-electron chi connectivity index (χ4n) is 1.77. The van der Waals surface area contributed by atoms with Crippen LogP contribution in [0, 0.1) is 0 Å². The third-order valence-corrected chi connectivity index (χ3v) is 3.75. The van der Waals surface area contributed by atoms with E-state index in [0.29, 0.717) is 16.5 Å². The molecule has 0 amide bonds. The summed E-state index contributed by atoms with van der Waals surface area (Å²) >= 11 is 11.8. The maximum atomic E-state index is 10.1. The number of aliphatic hydroxyl groups excluding tert-OH is 1. The number of benzene rings is 1. The highest BCUT2D eigenvalue weighted by Crippen LogP contribution is 2.26. The maximum absolute atomic E-state index is 10.1. The summed E-state index contributed by atoms with van der Waals surface area (Å²) in [5, 5.41) is 11.1. The Hall–Kier alpha value is -0.280. The molecule has 1 rings (SSSR count). The second-order valence-corrected chi connectivity index (χ2v) is 5.45. The summed E-state index contributed by atoms with van der Waals surface area (Å²) in [5.74, 6) is 0.